The first kappa shape index (κ1) is 13.1. The molecule has 0 bridgehead atoms. The van der Waals surface area contributed by atoms with E-state index in [9.17, 15) is 4.39 Å². The van der Waals surface area contributed by atoms with Gasteiger partial charge in [0.2, 0.25) is 0 Å². The maximum atomic E-state index is 12.9. The molecule has 0 saturated carbocycles. The van der Waals surface area contributed by atoms with Gasteiger partial charge in [-0.1, -0.05) is 0 Å². The van der Waals surface area contributed by atoms with E-state index >= 15 is 0 Å². The average molecular weight is 275 g/mol. The standard InChI is InChI=1S/C14H18FN5/c1-10-13(12-4-3-11(15)9-17-12)18-19-14(10)20-7-2-5-16-6-8-20/h3-4,9,16H,2,5-8H2,1H3,(H,18,19). The van der Waals surface area contributed by atoms with Crippen LogP contribution in [0.1, 0.15) is 12.0 Å². The van der Waals surface area contributed by atoms with Gasteiger partial charge >= 0.3 is 0 Å². The molecule has 3 heterocycles. The van der Waals surface area contributed by atoms with E-state index in [-0.39, 0.29) is 5.82 Å². The van der Waals surface area contributed by atoms with Crippen LogP contribution in [0.2, 0.25) is 0 Å². The van der Waals surface area contributed by atoms with Gasteiger partial charge < -0.3 is 10.2 Å². The molecule has 0 aliphatic carbocycles. The van der Waals surface area contributed by atoms with Crippen LogP contribution in [-0.2, 0) is 0 Å². The summed E-state index contributed by atoms with van der Waals surface area (Å²) < 4.78 is 12.9. The zero-order valence-electron chi connectivity index (χ0n) is 11.5. The molecule has 0 spiro atoms. The van der Waals surface area contributed by atoms with Gasteiger partial charge in [0, 0.05) is 25.2 Å². The molecular formula is C14H18FN5. The van der Waals surface area contributed by atoms with Crippen molar-refractivity contribution in [2.75, 3.05) is 31.1 Å². The third kappa shape index (κ3) is 2.51. The van der Waals surface area contributed by atoms with Crippen LogP contribution in [-0.4, -0.2) is 41.4 Å². The van der Waals surface area contributed by atoms with E-state index in [0.29, 0.717) is 0 Å². The van der Waals surface area contributed by atoms with Crippen molar-refractivity contribution in [1.29, 1.82) is 0 Å². The molecule has 0 amide bonds. The first-order valence-electron chi connectivity index (χ1n) is 6.88. The minimum absolute atomic E-state index is 0.329. The number of H-pyrrole nitrogens is 1. The second kappa shape index (κ2) is 5.58. The molecule has 2 aromatic heterocycles. The van der Waals surface area contributed by atoms with Gasteiger partial charge in [-0.2, -0.15) is 5.10 Å². The first-order chi connectivity index (χ1) is 9.75. The molecule has 1 aliphatic rings. The zero-order chi connectivity index (χ0) is 13.9. The Labute approximate surface area is 117 Å². The predicted molar refractivity (Wildman–Crippen MR) is 76.2 cm³/mol. The fourth-order valence-corrected chi connectivity index (χ4v) is 2.53. The summed E-state index contributed by atoms with van der Waals surface area (Å²) in [6, 6.07) is 3.09. The van der Waals surface area contributed by atoms with Gasteiger partial charge in [0.1, 0.15) is 5.82 Å². The van der Waals surface area contributed by atoms with Crippen molar-refractivity contribution in [3.8, 4) is 11.4 Å². The van der Waals surface area contributed by atoms with Crippen molar-refractivity contribution in [3.05, 3.63) is 29.7 Å². The smallest absolute Gasteiger partial charge is 0.154 e. The van der Waals surface area contributed by atoms with Crippen molar-refractivity contribution in [1.82, 2.24) is 20.5 Å². The van der Waals surface area contributed by atoms with E-state index in [1.807, 2.05) is 6.92 Å². The third-order valence-electron chi connectivity index (χ3n) is 3.61. The van der Waals surface area contributed by atoms with E-state index in [4.69, 9.17) is 0 Å². The van der Waals surface area contributed by atoms with E-state index in [2.05, 4.69) is 25.4 Å². The summed E-state index contributed by atoms with van der Waals surface area (Å²) in [5.74, 6) is 0.638. The second-order valence-corrected chi connectivity index (χ2v) is 5.00. The molecule has 1 aliphatic heterocycles. The van der Waals surface area contributed by atoms with Crippen molar-refractivity contribution in [2.24, 2.45) is 0 Å². The van der Waals surface area contributed by atoms with Crippen LogP contribution in [0.5, 0.6) is 0 Å². The van der Waals surface area contributed by atoms with Gasteiger partial charge in [-0.15, -0.1) is 0 Å². The number of halogens is 1. The van der Waals surface area contributed by atoms with Gasteiger partial charge in [-0.05, 0) is 32.0 Å². The van der Waals surface area contributed by atoms with Crippen LogP contribution in [0.25, 0.3) is 11.4 Å². The average Bonchev–Trinajstić information content (AvgIpc) is 2.67. The Hall–Kier alpha value is -1.95. The Morgan fingerprint density at radius 1 is 1.25 bits per heavy atom. The summed E-state index contributed by atoms with van der Waals surface area (Å²) in [6.07, 6.45) is 2.33. The number of hydrogen-bond donors (Lipinski definition) is 2. The molecule has 5 nitrogen and oxygen atoms in total. The summed E-state index contributed by atoms with van der Waals surface area (Å²) in [4.78, 5) is 6.39. The number of pyridine rings is 1. The topological polar surface area (TPSA) is 56.8 Å². The van der Waals surface area contributed by atoms with Gasteiger partial charge in [0.25, 0.3) is 0 Å². The minimum Gasteiger partial charge on any atom is -0.354 e. The number of rotatable bonds is 2. The number of aromatic amines is 1. The van der Waals surface area contributed by atoms with Crippen LogP contribution in [0, 0.1) is 12.7 Å². The molecule has 1 saturated heterocycles. The molecule has 6 heteroatoms. The van der Waals surface area contributed by atoms with Crippen LogP contribution >= 0.6 is 0 Å². The fourth-order valence-electron chi connectivity index (χ4n) is 2.53. The molecule has 2 aromatic rings. The maximum absolute atomic E-state index is 12.9. The summed E-state index contributed by atoms with van der Waals surface area (Å²) in [5.41, 5.74) is 2.64. The molecule has 2 N–H and O–H groups in total. The lowest BCUT2D eigenvalue weighted by molar-refractivity contribution is 0.622. The molecule has 0 aromatic carbocycles. The Balaban J connectivity index is 1.89. The number of aromatic nitrogens is 3. The highest BCUT2D eigenvalue weighted by molar-refractivity contribution is 5.66. The molecule has 0 unspecified atom stereocenters. The van der Waals surface area contributed by atoms with Gasteiger partial charge in [0.15, 0.2) is 5.82 Å². The lowest BCUT2D eigenvalue weighted by atomic mass is 10.2. The lowest BCUT2D eigenvalue weighted by Gasteiger charge is -2.20. The van der Waals surface area contributed by atoms with E-state index in [1.165, 1.54) is 12.3 Å². The SMILES string of the molecule is Cc1c(N2CCCNCC2)n[nH]c1-c1ccc(F)cn1. The van der Waals surface area contributed by atoms with Gasteiger partial charge in [0.05, 0.1) is 17.6 Å². The first-order valence-corrected chi connectivity index (χ1v) is 6.88. The normalized spacial score (nSPS) is 16.2. The minimum atomic E-state index is -0.329. The molecular weight excluding hydrogens is 257 g/mol. The van der Waals surface area contributed by atoms with Crippen molar-refractivity contribution < 1.29 is 4.39 Å². The Morgan fingerprint density at radius 3 is 2.95 bits per heavy atom. The fraction of sp³-hybridized carbons (Fsp3) is 0.429. The van der Waals surface area contributed by atoms with E-state index in [0.717, 1.165) is 55.4 Å². The summed E-state index contributed by atoms with van der Waals surface area (Å²) in [5, 5.41) is 10.8. The third-order valence-corrected chi connectivity index (χ3v) is 3.61. The molecule has 0 atom stereocenters. The number of hydrogen-bond acceptors (Lipinski definition) is 4. The highest BCUT2D eigenvalue weighted by Crippen LogP contribution is 2.27. The number of nitrogens with zero attached hydrogens (tertiary/aromatic N) is 3. The monoisotopic (exact) mass is 275 g/mol. The molecule has 20 heavy (non-hydrogen) atoms. The van der Waals surface area contributed by atoms with Crippen LogP contribution in [0.4, 0.5) is 10.2 Å². The summed E-state index contributed by atoms with van der Waals surface area (Å²) in [6.45, 7) is 5.98. The Morgan fingerprint density at radius 2 is 2.15 bits per heavy atom. The van der Waals surface area contributed by atoms with E-state index in [1.54, 1.807) is 6.07 Å². The largest absolute Gasteiger partial charge is 0.354 e. The maximum Gasteiger partial charge on any atom is 0.154 e. The highest BCUT2D eigenvalue weighted by atomic mass is 19.1. The van der Waals surface area contributed by atoms with Crippen LogP contribution < -0.4 is 10.2 Å². The molecule has 106 valence electrons. The molecule has 3 rings (SSSR count). The Kier molecular flexibility index (Phi) is 3.64. The quantitative estimate of drug-likeness (QED) is 0.876. The molecule has 1 fully saturated rings. The number of anilines is 1. The van der Waals surface area contributed by atoms with Gasteiger partial charge in [-0.3, -0.25) is 10.1 Å². The van der Waals surface area contributed by atoms with Crippen molar-refractivity contribution in [3.63, 3.8) is 0 Å². The van der Waals surface area contributed by atoms with Crippen molar-refractivity contribution in [2.45, 2.75) is 13.3 Å². The number of nitrogens with one attached hydrogen (secondary N) is 2. The second-order valence-electron chi connectivity index (χ2n) is 5.00. The lowest BCUT2D eigenvalue weighted by Crippen LogP contribution is -2.28. The highest BCUT2D eigenvalue weighted by Gasteiger charge is 2.18. The predicted octanol–water partition coefficient (Wildman–Crippen LogP) is 1.72. The van der Waals surface area contributed by atoms with Crippen molar-refractivity contribution >= 4 is 5.82 Å². The van der Waals surface area contributed by atoms with Crippen LogP contribution in [0.3, 0.4) is 0 Å². The van der Waals surface area contributed by atoms with Crippen LogP contribution in [0.15, 0.2) is 18.3 Å². The van der Waals surface area contributed by atoms with E-state index < -0.39 is 0 Å². The summed E-state index contributed by atoms with van der Waals surface area (Å²) in [7, 11) is 0. The molecule has 0 radical (unpaired) electrons. The summed E-state index contributed by atoms with van der Waals surface area (Å²) >= 11 is 0. The Bertz CT molecular complexity index is 570. The van der Waals surface area contributed by atoms with Gasteiger partial charge in [-0.25, -0.2) is 4.39 Å². The zero-order valence-corrected chi connectivity index (χ0v) is 11.5.